The zero-order valence-electron chi connectivity index (χ0n) is 18.3. The third-order valence-electron chi connectivity index (χ3n) is 5.08. The van der Waals surface area contributed by atoms with Gasteiger partial charge in [-0.15, -0.1) is 0 Å². The molecule has 0 aliphatic rings. The Morgan fingerprint density at radius 2 is 1.74 bits per heavy atom. The zero-order valence-corrected chi connectivity index (χ0v) is 18.3. The van der Waals surface area contributed by atoms with Crippen molar-refractivity contribution in [2.45, 2.75) is 39.2 Å². The molecule has 3 rings (SSSR count). The maximum atomic E-state index is 12.5. The van der Waals surface area contributed by atoms with Gasteiger partial charge in [-0.2, -0.15) is 4.98 Å². The van der Waals surface area contributed by atoms with Crippen LogP contribution in [0, 0.1) is 0 Å². The number of esters is 1. The highest BCUT2D eigenvalue weighted by Gasteiger charge is 2.14. The molecule has 7 nitrogen and oxygen atoms in total. The van der Waals surface area contributed by atoms with Crippen LogP contribution in [0.2, 0.25) is 0 Å². The Labute approximate surface area is 182 Å². The standard InChI is InChI=1S/C24H27N3O4/c1-16(2)18-9-11-19(12-10-18)23-25-21(31-26-23)13-14-22(28)27(3)15-17-5-7-20(8-6-17)24(29)30-4/h5-12,16H,13-15H2,1-4H3. The van der Waals surface area contributed by atoms with Crippen LogP contribution in [0.25, 0.3) is 11.4 Å². The predicted molar refractivity (Wildman–Crippen MR) is 116 cm³/mol. The summed E-state index contributed by atoms with van der Waals surface area (Å²) in [7, 11) is 3.09. The van der Waals surface area contributed by atoms with Crippen LogP contribution in [-0.2, 0) is 22.5 Å². The maximum Gasteiger partial charge on any atom is 0.337 e. The average molecular weight is 421 g/mol. The molecule has 0 saturated heterocycles. The summed E-state index contributed by atoms with van der Waals surface area (Å²) in [6.45, 7) is 4.73. The van der Waals surface area contributed by atoms with E-state index in [1.807, 2.05) is 24.3 Å². The largest absolute Gasteiger partial charge is 0.465 e. The summed E-state index contributed by atoms with van der Waals surface area (Å²) in [6, 6.07) is 15.1. The number of nitrogens with zero attached hydrogens (tertiary/aromatic N) is 3. The van der Waals surface area contributed by atoms with Crippen molar-refractivity contribution in [2.24, 2.45) is 0 Å². The lowest BCUT2D eigenvalue weighted by molar-refractivity contribution is -0.130. The van der Waals surface area contributed by atoms with Crippen LogP contribution < -0.4 is 0 Å². The van der Waals surface area contributed by atoms with E-state index in [0.717, 1.165) is 11.1 Å². The lowest BCUT2D eigenvalue weighted by Gasteiger charge is -2.17. The smallest absolute Gasteiger partial charge is 0.337 e. The van der Waals surface area contributed by atoms with Gasteiger partial charge >= 0.3 is 5.97 Å². The molecule has 0 spiro atoms. The minimum Gasteiger partial charge on any atom is -0.465 e. The Balaban J connectivity index is 1.52. The quantitative estimate of drug-likeness (QED) is 0.506. The SMILES string of the molecule is COC(=O)c1ccc(CN(C)C(=O)CCc2nc(-c3ccc(C(C)C)cc3)no2)cc1. The molecule has 0 aliphatic heterocycles. The Kier molecular flexibility index (Phi) is 7.18. The lowest BCUT2D eigenvalue weighted by atomic mass is 10.0. The van der Waals surface area contributed by atoms with E-state index in [9.17, 15) is 9.59 Å². The van der Waals surface area contributed by atoms with E-state index in [1.54, 1.807) is 24.1 Å². The molecule has 1 amide bonds. The van der Waals surface area contributed by atoms with Gasteiger partial charge in [0.2, 0.25) is 17.6 Å². The number of carbonyl (C=O) groups excluding carboxylic acids is 2. The number of rotatable bonds is 8. The average Bonchev–Trinajstić information content (AvgIpc) is 3.26. The van der Waals surface area contributed by atoms with Crippen molar-refractivity contribution in [3.63, 3.8) is 0 Å². The molecule has 0 radical (unpaired) electrons. The summed E-state index contributed by atoms with van der Waals surface area (Å²) in [5, 5.41) is 4.03. The van der Waals surface area contributed by atoms with Crippen molar-refractivity contribution in [3.05, 3.63) is 71.1 Å². The molecule has 1 heterocycles. The van der Waals surface area contributed by atoms with Crippen LogP contribution in [0.3, 0.4) is 0 Å². The highest BCUT2D eigenvalue weighted by molar-refractivity contribution is 5.89. The number of amides is 1. The highest BCUT2D eigenvalue weighted by Crippen LogP contribution is 2.21. The van der Waals surface area contributed by atoms with Crippen molar-refractivity contribution in [1.29, 1.82) is 0 Å². The van der Waals surface area contributed by atoms with Gasteiger partial charge in [0, 0.05) is 32.0 Å². The number of hydrogen-bond donors (Lipinski definition) is 0. The predicted octanol–water partition coefficient (Wildman–Crippen LogP) is 4.24. The minimum absolute atomic E-state index is 0.0296. The van der Waals surface area contributed by atoms with Crippen LogP contribution in [0.15, 0.2) is 53.1 Å². The fourth-order valence-corrected chi connectivity index (χ4v) is 3.12. The number of methoxy groups -OCH3 is 1. The summed E-state index contributed by atoms with van der Waals surface area (Å²) < 4.78 is 10.0. The maximum absolute atomic E-state index is 12.5. The van der Waals surface area contributed by atoms with Crippen LogP contribution >= 0.6 is 0 Å². The van der Waals surface area contributed by atoms with Gasteiger partial charge in [0.1, 0.15) is 0 Å². The second kappa shape index (κ2) is 10.0. The van der Waals surface area contributed by atoms with Crippen LogP contribution in [-0.4, -0.2) is 41.1 Å². The minimum atomic E-state index is -0.384. The Hall–Kier alpha value is -3.48. The summed E-state index contributed by atoms with van der Waals surface area (Å²) in [5.74, 6) is 1.01. The fourth-order valence-electron chi connectivity index (χ4n) is 3.12. The monoisotopic (exact) mass is 421 g/mol. The fraction of sp³-hybridized carbons (Fsp3) is 0.333. The molecule has 2 aromatic carbocycles. The van der Waals surface area contributed by atoms with E-state index in [0.29, 0.717) is 36.2 Å². The number of ether oxygens (including phenoxy) is 1. The number of benzene rings is 2. The normalized spacial score (nSPS) is 10.9. The molecule has 0 saturated carbocycles. The second-order valence-electron chi connectivity index (χ2n) is 7.73. The number of aryl methyl sites for hydroxylation is 1. The van der Waals surface area contributed by atoms with E-state index < -0.39 is 0 Å². The van der Waals surface area contributed by atoms with Crippen molar-refractivity contribution in [2.75, 3.05) is 14.2 Å². The van der Waals surface area contributed by atoms with E-state index >= 15 is 0 Å². The molecule has 0 fully saturated rings. The van der Waals surface area contributed by atoms with E-state index in [4.69, 9.17) is 9.26 Å². The molecule has 1 aromatic heterocycles. The first-order chi connectivity index (χ1) is 14.9. The molecule has 0 N–H and O–H groups in total. The third kappa shape index (κ3) is 5.78. The van der Waals surface area contributed by atoms with Crippen molar-refractivity contribution < 1.29 is 18.8 Å². The Morgan fingerprint density at radius 1 is 1.06 bits per heavy atom. The van der Waals surface area contributed by atoms with Gasteiger partial charge in [-0.25, -0.2) is 4.79 Å². The van der Waals surface area contributed by atoms with Crippen LogP contribution in [0.5, 0.6) is 0 Å². The molecule has 162 valence electrons. The topological polar surface area (TPSA) is 85.5 Å². The number of hydrogen-bond acceptors (Lipinski definition) is 6. The molecule has 7 heteroatoms. The molecule has 3 aromatic rings. The van der Waals surface area contributed by atoms with E-state index in [1.165, 1.54) is 12.7 Å². The first-order valence-electron chi connectivity index (χ1n) is 10.2. The van der Waals surface area contributed by atoms with Gasteiger partial charge in [0.25, 0.3) is 0 Å². The molecule has 0 aliphatic carbocycles. The summed E-state index contributed by atoms with van der Waals surface area (Å²) in [5.41, 5.74) is 3.54. The molecule has 0 unspecified atom stereocenters. The molecular weight excluding hydrogens is 394 g/mol. The third-order valence-corrected chi connectivity index (χ3v) is 5.08. The number of carbonyl (C=O) groups is 2. The van der Waals surface area contributed by atoms with E-state index in [2.05, 4.69) is 36.1 Å². The van der Waals surface area contributed by atoms with Crippen molar-refractivity contribution >= 4 is 11.9 Å². The van der Waals surface area contributed by atoms with Gasteiger partial charge in [0.05, 0.1) is 12.7 Å². The van der Waals surface area contributed by atoms with Gasteiger partial charge in [-0.3, -0.25) is 4.79 Å². The molecule has 0 atom stereocenters. The van der Waals surface area contributed by atoms with Crippen LogP contribution in [0.1, 0.15) is 53.6 Å². The zero-order chi connectivity index (χ0) is 22.4. The highest BCUT2D eigenvalue weighted by atomic mass is 16.5. The van der Waals surface area contributed by atoms with Crippen molar-refractivity contribution in [3.8, 4) is 11.4 Å². The molecular formula is C24H27N3O4. The van der Waals surface area contributed by atoms with Gasteiger partial charge in [0.15, 0.2) is 0 Å². The summed E-state index contributed by atoms with van der Waals surface area (Å²) in [6.07, 6.45) is 0.645. The first kappa shape index (κ1) is 22.2. The molecule has 31 heavy (non-hydrogen) atoms. The van der Waals surface area contributed by atoms with Gasteiger partial charge in [-0.05, 0) is 29.2 Å². The molecule has 0 bridgehead atoms. The Morgan fingerprint density at radius 3 is 2.35 bits per heavy atom. The Bertz CT molecular complexity index is 1020. The lowest BCUT2D eigenvalue weighted by Crippen LogP contribution is -2.26. The second-order valence-corrected chi connectivity index (χ2v) is 7.73. The number of aromatic nitrogens is 2. The van der Waals surface area contributed by atoms with Gasteiger partial charge in [-0.1, -0.05) is 55.4 Å². The summed E-state index contributed by atoms with van der Waals surface area (Å²) >= 11 is 0. The summed E-state index contributed by atoms with van der Waals surface area (Å²) in [4.78, 5) is 30.0. The first-order valence-corrected chi connectivity index (χ1v) is 10.2. The van der Waals surface area contributed by atoms with Gasteiger partial charge < -0.3 is 14.2 Å². The van der Waals surface area contributed by atoms with E-state index in [-0.39, 0.29) is 18.3 Å². The van der Waals surface area contributed by atoms with Crippen molar-refractivity contribution in [1.82, 2.24) is 15.0 Å². The van der Waals surface area contributed by atoms with Crippen LogP contribution in [0.4, 0.5) is 0 Å².